The standard InChI is InChI=1S/C15H15Cl2N/c1-11-3-6-13(7-4-11)18(2)14-8-5-12(10-16)15(17)9-14/h3-9H,10H2,1-2H3. The largest absolute Gasteiger partial charge is 0.345 e. The van der Waals surface area contributed by atoms with Crippen molar-refractivity contribution in [1.29, 1.82) is 0 Å². The minimum absolute atomic E-state index is 0.438. The van der Waals surface area contributed by atoms with Gasteiger partial charge in [0.25, 0.3) is 0 Å². The summed E-state index contributed by atoms with van der Waals surface area (Å²) in [5, 5.41) is 0.710. The number of benzene rings is 2. The number of hydrogen-bond acceptors (Lipinski definition) is 1. The Kier molecular flexibility index (Phi) is 4.15. The minimum atomic E-state index is 0.438. The van der Waals surface area contributed by atoms with Crippen LogP contribution in [0.4, 0.5) is 11.4 Å². The van der Waals surface area contributed by atoms with Crippen LogP contribution in [0.2, 0.25) is 5.02 Å². The lowest BCUT2D eigenvalue weighted by atomic mass is 10.2. The van der Waals surface area contributed by atoms with E-state index in [1.54, 1.807) is 0 Å². The van der Waals surface area contributed by atoms with E-state index >= 15 is 0 Å². The highest BCUT2D eigenvalue weighted by Crippen LogP contribution is 2.28. The van der Waals surface area contributed by atoms with Crippen molar-refractivity contribution in [1.82, 2.24) is 0 Å². The molecular formula is C15H15Cl2N. The van der Waals surface area contributed by atoms with Crippen LogP contribution in [-0.4, -0.2) is 7.05 Å². The Bertz CT molecular complexity index is 535. The molecule has 0 aliphatic carbocycles. The van der Waals surface area contributed by atoms with Crippen LogP contribution in [0.3, 0.4) is 0 Å². The third kappa shape index (κ3) is 2.80. The van der Waals surface area contributed by atoms with Crippen molar-refractivity contribution in [2.45, 2.75) is 12.8 Å². The highest BCUT2D eigenvalue weighted by molar-refractivity contribution is 6.32. The molecule has 1 nitrogen and oxygen atoms in total. The van der Waals surface area contributed by atoms with E-state index in [4.69, 9.17) is 23.2 Å². The van der Waals surface area contributed by atoms with E-state index in [1.165, 1.54) is 5.56 Å². The molecule has 0 aliphatic heterocycles. The number of hydrogen-bond donors (Lipinski definition) is 0. The van der Waals surface area contributed by atoms with Gasteiger partial charge in [-0.15, -0.1) is 11.6 Å². The number of nitrogens with zero attached hydrogens (tertiary/aromatic N) is 1. The Morgan fingerprint density at radius 1 is 1.00 bits per heavy atom. The normalized spacial score (nSPS) is 10.4. The van der Waals surface area contributed by atoms with E-state index in [9.17, 15) is 0 Å². The first-order chi connectivity index (χ1) is 8.61. The van der Waals surface area contributed by atoms with Gasteiger partial charge in [-0.3, -0.25) is 0 Å². The third-order valence-corrected chi connectivity index (χ3v) is 3.63. The molecule has 0 atom stereocenters. The van der Waals surface area contributed by atoms with Gasteiger partial charge in [0, 0.05) is 29.3 Å². The number of alkyl halides is 1. The summed E-state index contributed by atoms with van der Waals surface area (Å²) in [5.41, 5.74) is 4.40. The Balaban J connectivity index is 2.31. The van der Waals surface area contributed by atoms with Crippen molar-refractivity contribution < 1.29 is 0 Å². The fraction of sp³-hybridized carbons (Fsp3) is 0.200. The van der Waals surface area contributed by atoms with Crippen molar-refractivity contribution in [2.24, 2.45) is 0 Å². The topological polar surface area (TPSA) is 3.24 Å². The smallest absolute Gasteiger partial charge is 0.0488 e. The molecular weight excluding hydrogens is 265 g/mol. The van der Waals surface area contributed by atoms with Gasteiger partial charge in [0.2, 0.25) is 0 Å². The van der Waals surface area contributed by atoms with Gasteiger partial charge in [-0.2, -0.15) is 0 Å². The molecule has 0 aromatic heterocycles. The molecule has 0 bridgehead atoms. The fourth-order valence-corrected chi connectivity index (χ4v) is 2.31. The zero-order valence-corrected chi connectivity index (χ0v) is 12.0. The lowest BCUT2D eigenvalue weighted by Gasteiger charge is -2.20. The second-order valence-electron chi connectivity index (χ2n) is 4.30. The SMILES string of the molecule is Cc1ccc(N(C)c2ccc(CCl)c(Cl)c2)cc1. The summed E-state index contributed by atoms with van der Waals surface area (Å²) in [7, 11) is 2.02. The van der Waals surface area contributed by atoms with Crippen LogP contribution >= 0.6 is 23.2 Å². The molecule has 0 heterocycles. The molecule has 3 heteroatoms. The van der Waals surface area contributed by atoms with E-state index in [0.29, 0.717) is 10.9 Å². The van der Waals surface area contributed by atoms with E-state index in [0.717, 1.165) is 16.9 Å². The predicted molar refractivity (Wildman–Crippen MR) is 80.3 cm³/mol. The van der Waals surface area contributed by atoms with E-state index in [2.05, 4.69) is 36.1 Å². The number of aryl methyl sites for hydroxylation is 1. The molecule has 0 unspecified atom stereocenters. The molecule has 94 valence electrons. The van der Waals surface area contributed by atoms with Crippen LogP contribution in [0.1, 0.15) is 11.1 Å². The zero-order valence-electron chi connectivity index (χ0n) is 10.5. The van der Waals surface area contributed by atoms with Crippen molar-refractivity contribution in [3.63, 3.8) is 0 Å². The molecule has 2 aromatic carbocycles. The Morgan fingerprint density at radius 2 is 1.61 bits per heavy atom. The first kappa shape index (κ1) is 13.3. The lowest BCUT2D eigenvalue weighted by Crippen LogP contribution is -2.09. The summed E-state index contributed by atoms with van der Waals surface area (Å²) in [6.07, 6.45) is 0. The highest BCUT2D eigenvalue weighted by Gasteiger charge is 2.06. The third-order valence-electron chi connectivity index (χ3n) is 2.99. The summed E-state index contributed by atoms with van der Waals surface area (Å²) in [4.78, 5) is 2.10. The van der Waals surface area contributed by atoms with Crippen LogP contribution in [0.5, 0.6) is 0 Å². The molecule has 2 rings (SSSR count). The van der Waals surface area contributed by atoms with Gasteiger partial charge in [0.1, 0.15) is 0 Å². The van der Waals surface area contributed by atoms with Crippen LogP contribution < -0.4 is 4.90 Å². The van der Waals surface area contributed by atoms with Gasteiger partial charge < -0.3 is 4.90 Å². The average Bonchev–Trinajstić information content (AvgIpc) is 2.38. The predicted octanol–water partition coefficient (Wildman–Crippen LogP) is 5.16. The summed E-state index contributed by atoms with van der Waals surface area (Å²) >= 11 is 12.0. The molecule has 0 saturated heterocycles. The number of rotatable bonds is 3. The van der Waals surface area contributed by atoms with Crippen molar-refractivity contribution in [3.8, 4) is 0 Å². The summed E-state index contributed by atoms with van der Waals surface area (Å²) in [5.74, 6) is 0.438. The Labute approximate surface area is 118 Å². The highest BCUT2D eigenvalue weighted by atomic mass is 35.5. The van der Waals surface area contributed by atoms with Crippen LogP contribution in [0.15, 0.2) is 42.5 Å². The second-order valence-corrected chi connectivity index (χ2v) is 4.98. The van der Waals surface area contributed by atoms with Gasteiger partial charge in [0.05, 0.1) is 0 Å². The first-order valence-electron chi connectivity index (χ1n) is 5.76. The maximum absolute atomic E-state index is 6.18. The van der Waals surface area contributed by atoms with Gasteiger partial charge in [0.15, 0.2) is 0 Å². The minimum Gasteiger partial charge on any atom is -0.345 e. The van der Waals surface area contributed by atoms with Crippen molar-refractivity contribution in [3.05, 3.63) is 58.6 Å². The molecule has 0 spiro atoms. The molecule has 0 saturated carbocycles. The van der Waals surface area contributed by atoms with E-state index < -0.39 is 0 Å². The molecule has 2 aromatic rings. The molecule has 0 N–H and O–H groups in total. The summed E-state index contributed by atoms with van der Waals surface area (Å²) < 4.78 is 0. The second kappa shape index (κ2) is 5.64. The Morgan fingerprint density at radius 3 is 2.17 bits per heavy atom. The van der Waals surface area contributed by atoms with Crippen LogP contribution in [0, 0.1) is 6.92 Å². The maximum Gasteiger partial charge on any atom is 0.0488 e. The van der Waals surface area contributed by atoms with E-state index in [1.807, 2.05) is 25.2 Å². The number of halogens is 2. The summed E-state index contributed by atoms with van der Waals surface area (Å²) in [6, 6.07) is 14.3. The monoisotopic (exact) mass is 279 g/mol. The van der Waals surface area contributed by atoms with Crippen molar-refractivity contribution in [2.75, 3.05) is 11.9 Å². The fourth-order valence-electron chi connectivity index (χ4n) is 1.77. The van der Waals surface area contributed by atoms with Gasteiger partial charge in [-0.1, -0.05) is 35.4 Å². The van der Waals surface area contributed by atoms with Gasteiger partial charge >= 0.3 is 0 Å². The maximum atomic E-state index is 6.18. The first-order valence-corrected chi connectivity index (χ1v) is 6.68. The molecule has 0 amide bonds. The van der Waals surface area contributed by atoms with E-state index in [-0.39, 0.29) is 0 Å². The molecule has 18 heavy (non-hydrogen) atoms. The quantitative estimate of drug-likeness (QED) is 0.702. The van der Waals surface area contributed by atoms with Gasteiger partial charge in [-0.05, 0) is 36.8 Å². The molecule has 0 aliphatic rings. The van der Waals surface area contributed by atoms with Crippen LogP contribution in [0.25, 0.3) is 0 Å². The van der Waals surface area contributed by atoms with Crippen LogP contribution in [-0.2, 0) is 5.88 Å². The lowest BCUT2D eigenvalue weighted by molar-refractivity contribution is 1.20. The number of anilines is 2. The summed E-state index contributed by atoms with van der Waals surface area (Å²) in [6.45, 7) is 2.08. The van der Waals surface area contributed by atoms with Crippen molar-refractivity contribution >= 4 is 34.6 Å². The molecule has 0 radical (unpaired) electrons. The Hall–Kier alpha value is -1.18. The average molecular weight is 280 g/mol. The molecule has 0 fully saturated rings. The zero-order chi connectivity index (χ0) is 13.1. The van der Waals surface area contributed by atoms with Gasteiger partial charge in [-0.25, -0.2) is 0 Å².